The first-order chi connectivity index (χ1) is 16.8. The molecular weight excluding hydrogens is 484 g/mol. The van der Waals surface area contributed by atoms with Crippen molar-refractivity contribution in [3.05, 3.63) is 94.9 Å². The summed E-state index contributed by atoms with van der Waals surface area (Å²) < 4.78 is 33.6. The molecule has 0 aliphatic rings. The molecule has 1 amide bonds. The van der Waals surface area contributed by atoms with E-state index in [9.17, 15) is 18.0 Å². The lowest BCUT2D eigenvalue weighted by Gasteiger charge is -2.22. The molecule has 9 heteroatoms. The van der Waals surface area contributed by atoms with Crippen LogP contribution < -0.4 is 5.32 Å². The van der Waals surface area contributed by atoms with Crippen molar-refractivity contribution in [1.29, 1.82) is 0 Å². The van der Waals surface area contributed by atoms with Crippen LogP contribution in [0.5, 0.6) is 0 Å². The third-order valence-corrected chi connectivity index (χ3v) is 8.27. The summed E-state index contributed by atoms with van der Waals surface area (Å²) >= 11 is 1.30. The number of benzene rings is 3. The molecule has 1 N–H and O–H groups in total. The minimum atomic E-state index is -3.92. The predicted molar refractivity (Wildman–Crippen MR) is 137 cm³/mol. The Hall–Kier alpha value is -3.53. The first-order valence-corrected chi connectivity index (χ1v) is 13.0. The standard InChI is InChI=1S/C26H24N2O5S2/c1-18-8-11-22(12-9-18)35(31,32)28(16-19-6-4-3-5-7-19)17-25(29)27-21-10-13-23-20(14-21)15-24(34-23)26(30)33-2/h3-15H,16-17H2,1-2H3,(H,27,29). The van der Waals surface area contributed by atoms with Crippen LogP contribution in [-0.4, -0.2) is 38.3 Å². The molecule has 0 aliphatic heterocycles. The lowest BCUT2D eigenvalue weighted by atomic mass is 10.2. The Bertz CT molecular complexity index is 1460. The Morgan fingerprint density at radius 1 is 0.971 bits per heavy atom. The Morgan fingerprint density at radius 3 is 2.37 bits per heavy atom. The number of ether oxygens (including phenoxy) is 1. The quantitative estimate of drug-likeness (QED) is 0.344. The molecule has 4 aromatic rings. The first kappa shape index (κ1) is 24.6. The number of sulfonamides is 1. The molecular formula is C26H24N2O5S2. The summed E-state index contributed by atoms with van der Waals surface area (Å²) in [6.45, 7) is 1.57. The van der Waals surface area contributed by atoms with Crippen LogP contribution in [0.1, 0.15) is 20.8 Å². The summed E-state index contributed by atoms with van der Waals surface area (Å²) in [5, 5.41) is 3.56. The van der Waals surface area contributed by atoms with Crippen molar-refractivity contribution < 1.29 is 22.7 Å². The van der Waals surface area contributed by atoms with Crippen LogP contribution in [0.4, 0.5) is 5.69 Å². The third-order valence-electron chi connectivity index (χ3n) is 5.37. The number of carbonyl (C=O) groups is 2. The number of rotatable bonds is 8. The molecule has 0 saturated heterocycles. The molecule has 180 valence electrons. The SMILES string of the molecule is COC(=O)c1cc2cc(NC(=O)CN(Cc3ccccc3)S(=O)(=O)c3ccc(C)cc3)ccc2s1. The van der Waals surface area contributed by atoms with E-state index >= 15 is 0 Å². The molecule has 1 aromatic heterocycles. The van der Waals surface area contributed by atoms with E-state index in [2.05, 4.69) is 5.32 Å². The molecule has 3 aromatic carbocycles. The number of fused-ring (bicyclic) bond motifs is 1. The van der Waals surface area contributed by atoms with Crippen molar-refractivity contribution in [3.8, 4) is 0 Å². The van der Waals surface area contributed by atoms with E-state index in [4.69, 9.17) is 4.74 Å². The largest absolute Gasteiger partial charge is 0.465 e. The smallest absolute Gasteiger partial charge is 0.348 e. The number of nitrogens with one attached hydrogen (secondary N) is 1. The van der Waals surface area contributed by atoms with Gasteiger partial charge in [0.2, 0.25) is 15.9 Å². The highest BCUT2D eigenvalue weighted by Gasteiger charge is 2.27. The van der Waals surface area contributed by atoms with Crippen molar-refractivity contribution >= 4 is 49.0 Å². The summed E-state index contributed by atoms with van der Waals surface area (Å²) in [6, 6.07) is 22.6. The summed E-state index contributed by atoms with van der Waals surface area (Å²) in [4.78, 5) is 25.3. The number of hydrogen-bond acceptors (Lipinski definition) is 6. The fraction of sp³-hybridized carbons (Fsp3) is 0.154. The summed E-state index contributed by atoms with van der Waals surface area (Å²) in [5.41, 5.74) is 2.21. The number of carbonyl (C=O) groups excluding carboxylic acids is 2. The first-order valence-electron chi connectivity index (χ1n) is 10.8. The second-order valence-electron chi connectivity index (χ2n) is 7.97. The molecule has 0 bridgehead atoms. The number of amides is 1. The van der Waals surface area contributed by atoms with Gasteiger partial charge in [-0.1, -0.05) is 48.0 Å². The van der Waals surface area contributed by atoms with Gasteiger partial charge in [0, 0.05) is 16.9 Å². The van der Waals surface area contributed by atoms with Gasteiger partial charge < -0.3 is 10.1 Å². The molecule has 4 rings (SSSR count). The molecule has 0 spiro atoms. The molecule has 0 unspecified atom stereocenters. The number of aryl methyl sites for hydroxylation is 1. The van der Waals surface area contributed by atoms with Crippen LogP contribution in [-0.2, 0) is 26.1 Å². The van der Waals surface area contributed by atoms with E-state index in [0.29, 0.717) is 10.6 Å². The summed E-state index contributed by atoms with van der Waals surface area (Å²) in [6.07, 6.45) is 0. The maximum Gasteiger partial charge on any atom is 0.348 e. The maximum atomic E-state index is 13.4. The molecule has 0 radical (unpaired) electrons. The minimum absolute atomic E-state index is 0.0521. The second kappa shape index (κ2) is 10.4. The Labute approximate surface area is 208 Å². The highest BCUT2D eigenvalue weighted by molar-refractivity contribution is 7.89. The van der Waals surface area contributed by atoms with Gasteiger partial charge in [-0.25, -0.2) is 13.2 Å². The van der Waals surface area contributed by atoms with Crippen LogP contribution in [0.2, 0.25) is 0 Å². The van der Waals surface area contributed by atoms with Gasteiger partial charge in [-0.3, -0.25) is 4.79 Å². The van der Waals surface area contributed by atoms with Crippen molar-refractivity contribution in [3.63, 3.8) is 0 Å². The number of thiophene rings is 1. The number of nitrogens with zero attached hydrogens (tertiary/aromatic N) is 1. The highest BCUT2D eigenvalue weighted by atomic mass is 32.2. The molecule has 7 nitrogen and oxygen atoms in total. The number of methoxy groups -OCH3 is 1. The summed E-state index contributed by atoms with van der Waals surface area (Å²) in [5.74, 6) is -0.894. The fourth-order valence-corrected chi connectivity index (χ4v) is 5.90. The number of anilines is 1. The van der Waals surface area contributed by atoms with Gasteiger partial charge in [-0.15, -0.1) is 11.3 Å². The van der Waals surface area contributed by atoms with E-state index in [1.54, 1.807) is 48.5 Å². The molecule has 0 aliphatic carbocycles. The molecule has 0 fully saturated rings. The Morgan fingerprint density at radius 2 is 1.69 bits per heavy atom. The average Bonchev–Trinajstić information content (AvgIpc) is 3.27. The lowest BCUT2D eigenvalue weighted by Crippen LogP contribution is -2.37. The second-order valence-corrected chi connectivity index (χ2v) is 11.0. The maximum absolute atomic E-state index is 13.4. The third kappa shape index (κ3) is 5.76. The van der Waals surface area contributed by atoms with Gasteiger partial charge in [-0.2, -0.15) is 4.31 Å². The van der Waals surface area contributed by atoms with Crippen LogP contribution in [0.25, 0.3) is 10.1 Å². The zero-order valence-electron chi connectivity index (χ0n) is 19.2. The van der Waals surface area contributed by atoms with Gasteiger partial charge in [0.25, 0.3) is 0 Å². The van der Waals surface area contributed by atoms with Gasteiger partial charge in [0.05, 0.1) is 18.6 Å². The zero-order valence-corrected chi connectivity index (χ0v) is 20.9. The number of hydrogen-bond donors (Lipinski definition) is 1. The van der Waals surface area contributed by atoms with E-state index in [0.717, 1.165) is 21.2 Å². The number of esters is 1. The predicted octanol–water partition coefficient (Wildman–Crippen LogP) is 4.83. The topological polar surface area (TPSA) is 92.8 Å². The van der Waals surface area contributed by atoms with E-state index in [1.807, 2.05) is 37.3 Å². The van der Waals surface area contributed by atoms with Crippen molar-refractivity contribution in [1.82, 2.24) is 4.31 Å². The molecule has 35 heavy (non-hydrogen) atoms. The highest BCUT2D eigenvalue weighted by Crippen LogP contribution is 2.29. The zero-order chi connectivity index (χ0) is 25.0. The lowest BCUT2D eigenvalue weighted by molar-refractivity contribution is -0.116. The minimum Gasteiger partial charge on any atom is -0.465 e. The van der Waals surface area contributed by atoms with Gasteiger partial charge in [-0.05, 0) is 54.3 Å². The Balaban J connectivity index is 1.57. The van der Waals surface area contributed by atoms with Gasteiger partial charge in [0.15, 0.2) is 0 Å². The van der Waals surface area contributed by atoms with Crippen LogP contribution in [0.15, 0.2) is 83.8 Å². The molecule has 1 heterocycles. The normalized spacial score (nSPS) is 11.5. The van der Waals surface area contributed by atoms with E-state index < -0.39 is 21.9 Å². The van der Waals surface area contributed by atoms with Crippen molar-refractivity contribution in [2.24, 2.45) is 0 Å². The Kier molecular flexibility index (Phi) is 7.30. The van der Waals surface area contributed by atoms with Gasteiger partial charge >= 0.3 is 5.97 Å². The van der Waals surface area contributed by atoms with E-state index in [-0.39, 0.29) is 18.0 Å². The van der Waals surface area contributed by atoms with Crippen molar-refractivity contribution in [2.75, 3.05) is 19.0 Å². The monoisotopic (exact) mass is 508 g/mol. The average molecular weight is 509 g/mol. The fourth-order valence-electron chi connectivity index (χ4n) is 3.56. The molecule has 0 atom stereocenters. The van der Waals surface area contributed by atoms with Crippen LogP contribution >= 0.6 is 11.3 Å². The van der Waals surface area contributed by atoms with Gasteiger partial charge in [0.1, 0.15) is 4.88 Å². The molecule has 0 saturated carbocycles. The van der Waals surface area contributed by atoms with E-state index in [1.165, 1.54) is 22.8 Å². The summed E-state index contributed by atoms with van der Waals surface area (Å²) in [7, 11) is -2.60. The van der Waals surface area contributed by atoms with Crippen molar-refractivity contribution in [2.45, 2.75) is 18.4 Å². The van der Waals surface area contributed by atoms with Crippen LogP contribution in [0.3, 0.4) is 0 Å². The van der Waals surface area contributed by atoms with Crippen LogP contribution in [0, 0.1) is 6.92 Å².